The van der Waals surface area contributed by atoms with Crippen molar-refractivity contribution in [3.63, 3.8) is 0 Å². The van der Waals surface area contributed by atoms with Crippen LogP contribution in [0, 0.1) is 35.1 Å². The molecule has 1 aliphatic carbocycles. The lowest BCUT2D eigenvalue weighted by Gasteiger charge is -2.23. The molecule has 2 amide bonds. The number of nitrogens with two attached hydrogens (primary N) is 1. The molecule has 0 aliphatic heterocycles. The molecule has 0 spiro atoms. The molecule has 2 aromatic carbocycles. The number of rotatable bonds is 8. The Morgan fingerprint density at radius 3 is 2.33 bits per heavy atom. The molecular weight excluding hydrogens is 697 g/mol. The normalized spacial score (nSPS) is 14.4. The molecule has 0 radical (unpaired) electrons. The second kappa shape index (κ2) is 13.4. The van der Waals surface area contributed by atoms with Crippen LogP contribution in [0.5, 0.6) is 0 Å². The van der Waals surface area contributed by atoms with Crippen molar-refractivity contribution in [3.05, 3.63) is 105 Å². The summed E-state index contributed by atoms with van der Waals surface area (Å²) in [5, 5.41) is 15.8. The number of carbonyl (C=O) groups excluding carboxylic acids is 2. The Hall–Kier alpha value is -5.37. The monoisotopic (exact) mass is 723 g/mol. The first kappa shape index (κ1) is 36.9. The number of nitrogens with zero attached hydrogens (tertiary/aromatic N) is 3. The molecule has 51 heavy (non-hydrogen) atoms. The number of amides is 2. The van der Waals surface area contributed by atoms with E-state index < -0.39 is 107 Å². The van der Waals surface area contributed by atoms with E-state index in [1.54, 1.807) is 0 Å². The van der Waals surface area contributed by atoms with E-state index in [0.717, 1.165) is 18.2 Å². The van der Waals surface area contributed by atoms with Crippen molar-refractivity contribution in [2.75, 3.05) is 0 Å². The summed E-state index contributed by atoms with van der Waals surface area (Å²) in [6, 6.07) is 4.87. The van der Waals surface area contributed by atoms with Gasteiger partial charge in [-0.1, -0.05) is 5.92 Å². The second-order valence-electron chi connectivity index (χ2n) is 12.3. The quantitative estimate of drug-likeness (QED) is 0.155. The summed E-state index contributed by atoms with van der Waals surface area (Å²) in [6.45, 7) is 1.53. The van der Waals surface area contributed by atoms with Crippen LogP contribution >= 0.6 is 0 Å². The predicted octanol–water partition coefficient (Wildman–Crippen LogP) is 5.88. The molecule has 2 heterocycles. The third-order valence-electron chi connectivity index (χ3n) is 7.70. The number of hydrogen-bond donors (Lipinski definition) is 3. The minimum atomic E-state index is -5.12. The molecule has 1 atom stereocenters. The minimum absolute atomic E-state index is 0.0855. The van der Waals surface area contributed by atoms with Crippen LogP contribution in [0.15, 0.2) is 42.5 Å². The molecule has 4 N–H and O–H groups in total. The van der Waals surface area contributed by atoms with Crippen LogP contribution in [0.4, 0.5) is 39.5 Å². The van der Waals surface area contributed by atoms with E-state index in [2.05, 4.69) is 27.2 Å². The van der Waals surface area contributed by atoms with Crippen molar-refractivity contribution >= 4 is 11.8 Å². The molecule has 8 nitrogen and oxygen atoms in total. The maximum Gasteiger partial charge on any atom is 0.435 e. The zero-order valence-corrected chi connectivity index (χ0v) is 26.5. The number of aliphatic hydroxyl groups is 1. The highest BCUT2D eigenvalue weighted by molar-refractivity contribution is 5.94. The summed E-state index contributed by atoms with van der Waals surface area (Å²) < 4.78 is 129. The van der Waals surface area contributed by atoms with Gasteiger partial charge in [-0.3, -0.25) is 14.3 Å². The van der Waals surface area contributed by atoms with Gasteiger partial charge < -0.3 is 16.2 Å². The number of pyridine rings is 1. The summed E-state index contributed by atoms with van der Waals surface area (Å²) in [6.07, 6.45) is -7.24. The molecule has 17 heteroatoms. The van der Waals surface area contributed by atoms with Gasteiger partial charge in [0, 0.05) is 23.6 Å². The van der Waals surface area contributed by atoms with Gasteiger partial charge in [-0.2, -0.15) is 27.1 Å². The number of fused-ring (bicyclic) bond motifs is 1. The van der Waals surface area contributed by atoms with Crippen LogP contribution < -0.4 is 11.1 Å². The Morgan fingerprint density at radius 1 is 1.06 bits per heavy atom. The van der Waals surface area contributed by atoms with Gasteiger partial charge in [-0.15, -0.1) is 0 Å². The van der Waals surface area contributed by atoms with Gasteiger partial charge >= 0.3 is 6.18 Å². The van der Waals surface area contributed by atoms with E-state index in [1.807, 2.05) is 0 Å². The van der Waals surface area contributed by atoms with Gasteiger partial charge in [0.25, 0.3) is 11.8 Å². The third-order valence-corrected chi connectivity index (χ3v) is 7.70. The minimum Gasteiger partial charge on any atom is -0.378 e. The van der Waals surface area contributed by atoms with Gasteiger partial charge in [-0.25, -0.2) is 22.5 Å². The Labute approximate surface area is 283 Å². The molecule has 0 fully saturated rings. The Morgan fingerprint density at radius 2 is 1.73 bits per heavy atom. The lowest BCUT2D eigenvalue weighted by molar-refractivity contribution is -0.142. The van der Waals surface area contributed by atoms with E-state index >= 15 is 0 Å². The van der Waals surface area contributed by atoms with Crippen LogP contribution in [0.1, 0.15) is 70.6 Å². The average molecular weight is 724 g/mol. The van der Waals surface area contributed by atoms with Crippen LogP contribution in [-0.2, 0) is 36.3 Å². The number of hydrogen-bond acceptors (Lipinski definition) is 5. The third kappa shape index (κ3) is 8.17. The van der Waals surface area contributed by atoms with Gasteiger partial charge in [-0.05, 0) is 80.1 Å². The van der Waals surface area contributed by atoms with Gasteiger partial charge in [0.1, 0.15) is 35.2 Å². The Balaban J connectivity index is 1.67. The summed E-state index contributed by atoms with van der Waals surface area (Å²) in [7, 11) is 0. The fraction of sp³-hybridized carbons (Fsp3) is 0.294. The fourth-order valence-corrected chi connectivity index (χ4v) is 5.64. The van der Waals surface area contributed by atoms with E-state index in [1.165, 1.54) is 26.0 Å². The highest BCUT2D eigenvalue weighted by Crippen LogP contribution is 2.46. The summed E-state index contributed by atoms with van der Waals surface area (Å²) in [5.74, 6) is -6.38. The molecule has 0 bridgehead atoms. The Bertz CT molecular complexity index is 2090. The summed E-state index contributed by atoms with van der Waals surface area (Å²) in [4.78, 5) is 29.8. The maximum atomic E-state index is 14.8. The summed E-state index contributed by atoms with van der Waals surface area (Å²) in [5.41, 5.74) is -1.42. The molecule has 0 saturated heterocycles. The van der Waals surface area contributed by atoms with E-state index in [-0.39, 0.29) is 32.8 Å². The van der Waals surface area contributed by atoms with Crippen LogP contribution in [0.2, 0.25) is 0 Å². The number of alkyl halides is 5. The number of primary amides is 1. The van der Waals surface area contributed by atoms with Crippen molar-refractivity contribution < 1.29 is 54.2 Å². The first-order valence-electron chi connectivity index (χ1n) is 15.0. The number of aromatic nitrogens is 3. The van der Waals surface area contributed by atoms with Crippen molar-refractivity contribution in [2.24, 2.45) is 5.73 Å². The van der Waals surface area contributed by atoms with Crippen molar-refractivity contribution in [1.82, 2.24) is 20.1 Å². The highest BCUT2D eigenvalue weighted by Gasteiger charge is 2.50. The van der Waals surface area contributed by atoms with Gasteiger partial charge in [0.05, 0.1) is 17.3 Å². The first-order valence-corrected chi connectivity index (χ1v) is 15.0. The van der Waals surface area contributed by atoms with Crippen molar-refractivity contribution in [3.8, 4) is 23.0 Å². The lowest BCUT2D eigenvalue weighted by Crippen LogP contribution is -2.35. The molecule has 0 saturated carbocycles. The lowest BCUT2D eigenvalue weighted by atomic mass is 9.93. The predicted molar refractivity (Wildman–Crippen MR) is 162 cm³/mol. The molecule has 1 aliphatic rings. The average Bonchev–Trinajstić information content (AvgIpc) is 3.53. The van der Waals surface area contributed by atoms with Crippen LogP contribution in [0.25, 0.3) is 11.1 Å². The molecule has 2 aromatic heterocycles. The molecule has 1 unspecified atom stereocenters. The zero-order chi connectivity index (χ0) is 37.6. The number of halogens is 9. The fourth-order valence-electron chi connectivity index (χ4n) is 5.64. The molecule has 4 aromatic rings. The highest BCUT2D eigenvalue weighted by atomic mass is 19.4. The van der Waals surface area contributed by atoms with Crippen LogP contribution in [0.3, 0.4) is 0 Å². The van der Waals surface area contributed by atoms with Crippen molar-refractivity contribution in [1.29, 1.82) is 0 Å². The second-order valence-corrected chi connectivity index (χ2v) is 12.3. The number of carbonyl (C=O) groups is 2. The molecular formula is C34H26F9N5O3. The summed E-state index contributed by atoms with van der Waals surface area (Å²) >= 11 is 0. The number of benzene rings is 2. The van der Waals surface area contributed by atoms with Crippen molar-refractivity contribution in [2.45, 2.75) is 63.4 Å². The number of nitrogens with one attached hydrogen (secondary N) is 1. The van der Waals surface area contributed by atoms with E-state index in [4.69, 9.17) is 5.73 Å². The van der Waals surface area contributed by atoms with E-state index in [9.17, 15) is 54.2 Å². The largest absolute Gasteiger partial charge is 0.435 e. The Kier molecular flexibility index (Phi) is 9.69. The standard InChI is InChI=1S/C34H26F9N5O3/c1-32(2,51)7-5-20-3-4-21(17-12-23(31(44)50)27(38)24(37)13-17)28(45-20)25(11-16-9-18(35)14-19(36)10-16)46-26(49)15-48-30-22(6-8-33(30,39)40)29(47-48)34(41,42)43/h3-4,9-10,12-14,25,51H,6,8,11,15H2,1-2H3,(H2,44,50)(H,46,49). The smallest absolute Gasteiger partial charge is 0.378 e. The maximum absolute atomic E-state index is 14.8. The van der Waals surface area contributed by atoms with Crippen LogP contribution in [-0.4, -0.2) is 37.3 Å². The first-order chi connectivity index (χ1) is 23.6. The molecule has 5 rings (SSSR count). The SMILES string of the molecule is CC(C)(O)C#Cc1ccc(-c2cc(F)c(F)c(C(N)=O)c2)c(C(Cc2cc(F)cc(F)c2)NC(=O)Cn2nc(C(F)(F)F)c3c2C(F)(F)CC3)n1. The molecule has 268 valence electrons. The zero-order valence-electron chi connectivity index (χ0n) is 26.5. The topological polar surface area (TPSA) is 123 Å². The van der Waals surface area contributed by atoms with Gasteiger partial charge in [0.2, 0.25) is 5.91 Å². The van der Waals surface area contributed by atoms with E-state index in [0.29, 0.717) is 12.1 Å². The van der Waals surface area contributed by atoms with Gasteiger partial charge in [0.15, 0.2) is 17.3 Å².